The number of nitrogens with one attached hydrogen (secondary N) is 1. The Kier molecular flexibility index (Phi) is 5.85. The van der Waals surface area contributed by atoms with Gasteiger partial charge in [0.25, 0.3) is 0 Å². The molecule has 21 heavy (non-hydrogen) atoms. The first kappa shape index (κ1) is 16.5. The summed E-state index contributed by atoms with van der Waals surface area (Å²) in [6.45, 7) is 13.7. The van der Waals surface area contributed by atoms with Crippen LogP contribution in [0, 0.1) is 0 Å². The van der Waals surface area contributed by atoms with Crippen molar-refractivity contribution in [3.05, 3.63) is 22.8 Å². The number of halogens is 1. The van der Waals surface area contributed by atoms with Gasteiger partial charge in [-0.1, -0.05) is 25.4 Å². The Morgan fingerprint density at radius 1 is 1.19 bits per heavy atom. The zero-order chi connectivity index (χ0) is 15.4. The highest BCUT2D eigenvalue weighted by atomic mass is 35.5. The number of rotatable bonds is 5. The van der Waals surface area contributed by atoms with Gasteiger partial charge in [-0.05, 0) is 25.5 Å². The van der Waals surface area contributed by atoms with Crippen LogP contribution in [0.4, 0.5) is 5.82 Å². The molecule has 1 aromatic rings. The predicted molar refractivity (Wildman–Crippen MR) is 90.1 cm³/mol. The van der Waals surface area contributed by atoms with Crippen LogP contribution in [0.1, 0.15) is 33.3 Å². The van der Waals surface area contributed by atoms with Gasteiger partial charge in [0.15, 0.2) is 0 Å². The van der Waals surface area contributed by atoms with Crippen molar-refractivity contribution < 1.29 is 0 Å². The molecule has 118 valence electrons. The summed E-state index contributed by atoms with van der Waals surface area (Å²) >= 11 is 6.43. The smallest absolute Gasteiger partial charge is 0.147 e. The summed E-state index contributed by atoms with van der Waals surface area (Å²) in [7, 11) is 0. The van der Waals surface area contributed by atoms with Gasteiger partial charge in [0.05, 0.1) is 5.02 Å². The summed E-state index contributed by atoms with van der Waals surface area (Å²) in [6, 6.07) is 3.11. The van der Waals surface area contributed by atoms with Crippen molar-refractivity contribution in [3.63, 3.8) is 0 Å². The zero-order valence-electron chi connectivity index (χ0n) is 13.6. The lowest BCUT2D eigenvalue weighted by molar-refractivity contribution is 0.209. The molecule has 0 spiro atoms. The molecule has 0 aromatic carbocycles. The summed E-state index contributed by atoms with van der Waals surface area (Å²) in [4.78, 5) is 9.37. The van der Waals surface area contributed by atoms with Crippen molar-refractivity contribution in [1.29, 1.82) is 0 Å². The van der Waals surface area contributed by atoms with Crippen LogP contribution < -0.4 is 10.2 Å². The van der Waals surface area contributed by atoms with Crippen LogP contribution in [0.5, 0.6) is 0 Å². The van der Waals surface area contributed by atoms with E-state index in [4.69, 9.17) is 11.6 Å². The molecule has 4 nitrogen and oxygen atoms in total. The number of anilines is 1. The summed E-state index contributed by atoms with van der Waals surface area (Å²) in [5, 5.41) is 4.15. The SMILES string of the molecule is CC(C)NCc1cnc(N2CCN(C(C)C)CC2)c(Cl)c1. The number of nitrogens with zero attached hydrogens (tertiary/aromatic N) is 3. The summed E-state index contributed by atoms with van der Waals surface area (Å²) in [6.07, 6.45) is 1.94. The summed E-state index contributed by atoms with van der Waals surface area (Å²) in [5.74, 6) is 0.924. The van der Waals surface area contributed by atoms with Crippen LogP contribution in [-0.4, -0.2) is 48.1 Å². The van der Waals surface area contributed by atoms with E-state index in [9.17, 15) is 0 Å². The molecule has 1 fully saturated rings. The quantitative estimate of drug-likeness (QED) is 0.906. The Morgan fingerprint density at radius 3 is 2.38 bits per heavy atom. The maximum Gasteiger partial charge on any atom is 0.147 e. The Morgan fingerprint density at radius 2 is 1.86 bits per heavy atom. The van der Waals surface area contributed by atoms with E-state index in [1.165, 1.54) is 0 Å². The average molecular weight is 311 g/mol. The number of piperazine rings is 1. The van der Waals surface area contributed by atoms with E-state index in [1.807, 2.05) is 12.3 Å². The molecular weight excluding hydrogens is 284 g/mol. The van der Waals surface area contributed by atoms with E-state index in [2.05, 4.69) is 47.8 Å². The average Bonchev–Trinajstić information content (AvgIpc) is 2.45. The Bertz CT molecular complexity index is 454. The second kappa shape index (κ2) is 7.43. The topological polar surface area (TPSA) is 31.4 Å². The molecule has 1 aliphatic rings. The third kappa shape index (κ3) is 4.56. The normalized spacial score (nSPS) is 17.0. The fourth-order valence-corrected chi connectivity index (χ4v) is 2.88. The van der Waals surface area contributed by atoms with Gasteiger partial charge in [-0.15, -0.1) is 0 Å². The largest absolute Gasteiger partial charge is 0.353 e. The highest BCUT2D eigenvalue weighted by molar-refractivity contribution is 6.33. The van der Waals surface area contributed by atoms with Gasteiger partial charge >= 0.3 is 0 Å². The molecule has 2 heterocycles. The van der Waals surface area contributed by atoms with Crippen LogP contribution in [-0.2, 0) is 6.54 Å². The Balaban J connectivity index is 1.98. The van der Waals surface area contributed by atoms with Crippen LogP contribution in [0.25, 0.3) is 0 Å². The maximum absolute atomic E-state index is 6.43. The molecule has 1 aromatic heterocycles. The zero-order valence-corrected chi connectivity index (χ0v) is 14.3. The van der Waals surface area contributed by atoms with E-state index in [-0.39, 0.29) is 0 Å². The summed E-state index contributed by atoms with van der Waals surface area (Å²) < 4.78 is 0. The maximum atomic E-state index is 6.43. The minimum Gasteiger partial charge on any atom is -0.353 e. The van der Waals surface area contributed by atoms with Gasteiger partial charge < -0.3 is 10.2 Å². The highest BCUT2D eigenvalue weighted by Gasteiger charge is 2.21. The number of pyridine rings is 1. The predicted octanol–water partition coefficient (Wildman–Crippen LogP) is 2.76. The molecular formula is C16H27ClN4. The van der Waals surface area contributed by atoms with Crippen molar-refractivity contribution in [1.82, 2.24) is 15.2 Å². The molecule has 0 aliphatic carbocycles. The first-order valence-corrected chi connectivity index (χ1v) is 8.22. The Labute approximate surface area is 133 Å². The molecule has 0 bridgehead atoms. The lowest BCUT2D eigenvalue weighted by Gasteiger charge is -2.37. The van der Waals surface area contributed by atoms with Gasteiger partial charge in [0.1, 0.15) is 5.82 Å². The number of aromatic nitrogens is 1. The van der Waals surface area contributed by atoms with Crippen LogP contribution >= 0.6 is 11.6 Å². The van der Waals surface area contributed by atoms with Crippen LogP contribution in [0.2, 0.25) is 5.02 Å². The first-order chi connectivity index (χ1) is 9.97. The number of hydrogen-bond donors (Lipinski definition) is 1. The second-order valence-corrected chi connectivity index (χ2v) is 6.71. The van der Waals surface area contributed by atoms with Gasteiger partial charge in [-0.25, -0.2) is 4.98 Å². The second-order valence-electron chi connectivity index (χ2n) is 6.30. The van der Waals surface area contributed by atoms with Crippen molar-refractivity contribution in [2.75, 3.05) is 31.1 Å². The summed E-state index contributed by atoms with van der Waals surface area (Å²) in [5.41, 5.74) is 1.14. The molecule has 2 rings (SSSR count). The molecule has 0 saturated carbocycles. The third-order valence-electron chi connectivity index (χ3n) is 3.94. The number of hydrogen-bond acceptors (Lipinski definition) is 4. The molecule has 1 saturated heterocycles. The van der Waals surface area contributed by atoms with Gasteiger partial charge in [0.2, 0.25) is 0 Å². The lowest BCUT2D eigenvalue weighted by atomic mass is 10.2. The molecule has 5 heteroatoms. The van der Waals surface area contributed by atoms with E-state index < -0.39 is 0 Å². The molecule has 0 radical (unpaired) electrons. The molecule has 0 unspecified atom stereocenters. The van der Waals surface area contributed by atoms with Crippen LogP contribution in [0.3, 0.4) is 0 Å². The van der Waals surface area contributed by atoms with E-state index >= 15 is 0 Å². The van der Waals surface area contributed by atoms with E-state index in [0.29, 0.717) is 12.1 Å². The van der Waals surface area contributed by atoms with Gasteiger partial charge in [-0.2, -0.15) is 0 Å². The molecule has 1 aliphatic heterocycles. The molecule has 0 amide bonds. The molecule has 1 N–H and O–H groups in total. The van der Waals surface area contributed by atoms with Crippen molar-refractivity contribution in [2.45, 2.75) is 46.3 Å². The van der Waals surface area contributed by atoms with Gasteiger partial charge in [-0.3, -0.25) is 4.90 Å². The minimum atomic E-state index is 0.465. The van der Waals surface area contributed by atoms with Crippen LogP contribution in [0.15, 0.2) is 12.3 Å². The highest BCUT2D eigenvalue weighted by Crippen LogP contribution is 2.25. The van der Waals surface area contributed by atoms with Crippen molar-refractivity contribution in [3.8, 4) is 0 Å². The monoisotopic (exact) mass is 310 g/mol. The fraction of sp³-hybridized carbons (Fsp3) is 0.688. The minimum absolute atomic E-state index is 0.465. The third-order valence-corrected chi connectivity index (χ3v) is 4.22. The fourth-order valence-electron chi connectivity index (χ4n) is 2.57. The van der Waals surface area contributed by atoms with Gasteiger partial charge in [0, 0.05) is 51.0 Å². The van der Waals surface area contributed by atoms with Crippen molar-refractivity contribution >= 4 is 17.4 Å². The van der Waals surface area contributed by atoms with E-state index in [1.54, 1.807) is 0 Å². The first-order valence-electron chi connectivity index (χ1n) is 7.84. The Hall–Kier alpha value is -0.840. The van der Waals surface area contributed by atoms with E-state index in [0.717, 1.165) is 49.1 Å². The standard InChI is InChI=1S/C16H27ClN4/c1-12(2)18-10-14-9-15(17)16(19-11-14)21-7-5-20(6-8-21)13(3)4/h9,11-13,18H,5-8,10H2,1-4H3. The van der Waals surface area contributed by atoms with Crippen molar-refractivity contribution in [2.24, 2.45) is 0 Å². The lowest BCUT2D eigenvalue weighted by Crippen LogP contribution is -2.49. The molecule has 0 atom stereocenters.